The van der Waals surface area contributed by atoms with Crippen LogP contribution in [0.2, 0.25) is 0 Å². The SMILES string of the molecule is COC(=O)c1c(N)c(C#N)cn1-c1ccccc1-c1cc(CO)[nH]n1. The molecule has 0 spiro atoms. The molecule has 1 aromatic carbocycles. The summed E-state index contributed by atoms with van der Waals surface area (Å²) in [4.78, 5) is 12.2. The predicted molar refractivity (Wildman–Crippen MR) is 89.7 cm³/mol. The maximum Gasteiger partial charge on any atom is 0.357 e. The van der Waals surface area contributed by atoms with Gasteiger partial charge in [0.2, 0.25) is 0 Å². The topological polar surface area (TPSA) is 130 Å². The lowest BCUT2D eigenvalue weighted by Gasteiger charge is -2.12. The highest BCUT2D eigenvalue weighted by Crippen LogP contribution is 2.31. The van der Waals surface area contributed by atoms with E-state index in [0.717, 1.165) is 0 Å². The Morgan fingerprint density at radius 1 is 1.48 bits per heavy atom. The fourth-order valence-electron chi connectivity index (χ4n) is 2.59. The second-order valence-corrected chi connectivity index (χ2v) is 5.23. The number of nitrogens with two attached hydrogens (primary N) is 1. The molecule has 4 N–H and O–H groups in total. The third-order valence-electron chi connectivity index (χ3n) is 3.78. The number of methoxy groups -OCH3 is 1. The van der Waals surface area contributed by atoms with E-state index in [1.165, 1.54) is 17.9 Å². The monoisotopic (exact) mass is 337 g/mol. The van der Waals surface area contributed by atoms with Gasteiger partial charge < -0.3 is 20.1 Å². The number of H-pyrrole nitrogens is 1. The largest absolute Gasteiger partial charge is 0.464 e. The van der Waals surface area contributed by atoms with Crippen LogP contribution in [-0.4, -0.2) is 33.0 Å². The number of hydrogen-bond donors (Lipinski definition) is 3. The van der Waals surface area contributed by atoms with Crippen molar-refractivity contribution in [3.8, 4) is 23.0 Å². The molecule has 25 heavy (non-hydrogen) atoms. The molecule has 0 aliphatic heterocycles. The van der Waals surface area contributed by atoms with Crippen molar-refractivity contribution in [2.45, 2.75) is 6.61 Å². The van der Waals surface area contributed by atoms with Gasteiger partial charge in [0.15, 0.2) is 5.69 Å². The number of hydrogen-bond acceptors (Lipinski definition) is 6. The van der Waals surface area contributed by atoms with Crippen LogP contribution < -0.4 is 5.73 Å². The fourth-order valence-corrected chi connectivity index (χ4v) is 2.59. The Kier molecular flexibility index (Phi) is 4.24. The number of ether oxygens (including phenoxy) is 1. The van der Waals surface area contributed by atoms with Crippen LogP contribution >= 0.6 is 0 Å². The summed E-state index contributed by atoms with van der Waals surface area (Å²) in [5.74, 6) is -0.646. The summed E-state index contributed by atoms with van der Waals surface area (Å²) in [5, 5.41) is 25.4. The van der Waals surface area contributed by atoms with E-state index in [4.69, 9.17) is 10.5 Å². The van der Waals surface area contributed by atoms with E-state index in [9.17, 15) is 15.2 Å². The van der Waals surface area contributed by atoms with Crippen molar-refractivity contribution in [1.82, 2.24) is 14.8 Å². The normalized spacial score (nSPS) is 10.4. The fraction of sp³-hybridized carbons (Fsp3) is 0.118. The molecule has 3 rings (SSSR count). The quantitative estimate of drug-likeness (QED) is 0.620. The number of nitrogens with zero attached hydrogens (tertiary/aromatic N) is 3. The zero-order valence-corrected chi connectivity index (χ0v) is 13.4. The number of benzene rings is 1. The summed E-state index contributed by atoms with van der Waals surface area (Å²) in [7, 11) is 1.25. The van der Waals surface area contributed by atoms with Crippen LogP contribution in [0.15, 0.2) is 36.5 Å². The molecule has 0 saturated carbocycles. The molecule has 0 unspecified atom stereocenters. The first-order valence-electron chi connectivity index (χ1n) is 7.34. The summed E-state index contributed by atoms with van der Waals surface area (Å²) in [6, 6.07) is 10.9. The molecule has 0 radical (unpaired) electrons. The molecule has 126 valence electrons. The number of carbonyl (C=O) groups excluding carboxylic acids is 1. The summed E-state index contributed by atoms with van der Waals surface area (Å²) in [6.07, 6.45) is 1.49. The Balaban J connectivity index is 2.25. The van der Waals surface area contributed by atoms with Crippen LogP contribution in [0.4, 0.5) is 5.69 Å². The summed E-state index contributed by atoms with van der Waals surface area (Å²) < 4.78 is 6.32. The highest BCUT2D eigenvalue weighted by atomic mass is 16.5. The van der Waals surface area contributed by atoms with Gasteiger partial charge in [-0.1, -0.05) is 18.2 Å². The van der Waals surface area contributed by atoms with Gasteiger partial charge in [0, 0.05) is 11.8 Å². The maximum atomic E-state index is 12.2. The van der Waals surface area contributed by atoms with E-state index < -0.39 is 5.97 Å². The molecule has 3 aromatic rings. The number of aromatic nitrogens is 3. The van der Waals surface area contributed by atoms with Crippen molar-refractivity contribution in [2.24, 2.45) is 0 Å². The zero-order valence-electron chi connectivity index (χ0n) is 13.4. The number of aliphatic hydroxyl groups is 1. The van der Waals surface area contributed by atoms with E-state index in [1.807, 2.05) is 18.2 Å². The van der Waals surface area contributed by atoms with Gasteiger partial charge in [-0.15, -0.1) is 0 Å². The molecule has 0 fully saturated rings. The van der Waals surface area contributed by atoms with Crippen molar-refractivity contribution in [3.05, 3.63) is 53.5 Å². The number of nitrogens with one attached hydrogen (secondary N) is 1. The summed E-state index contributed by atoms with van der Waals surface area (Å²) >= 11 is 0. The first-order chi connectivity index (χ1) is 12.1. The number of rotatable bonds is 4. The van der Waals surface area contributed by atoms with Gasteiger partial charge in [0.1, 0.15) is 6.07 Å². The first kappa shape index (κ1) is 16.3. The average Bonchev–Trinajstić information content (AvgIpc) is 3.25. The minimum absolute atomic E-state index is 0.0576. The molecule has 8 nitrogen and oxygen atoms in total. The average molecular weight is 337 g/mol. The number of anilines is 1. The Bertz CT molecular complexity index is 981. The number of para-hydroxylation sites is 1. The van der Waals surface area contributed by atoms with Crippen LogP contribution in [-0.2, 0) is 11.3 Å². The lowest BCUT2D eigenvalue weighted by Crippen LogP contribution is -2.11. The maximum absolute atomic E-state index is 12.2. The first-order valence-corrected chi connectivity index (χ1v) is 7.34. The van der Waals surface area contributed by atoms with E-state index >= 15 is 0 Å². The predicted octanol–water partition coefficient (Wildman–Crippen LogP) is 1.60. The van der Waals surface area contributed by atoms with Crippen LogP contribution in [0.3, 0.4) is 0 Å². The molecule has 0 amide bonds. The van der Waals surface area contributed by atoms with Crippen molar-refractivity contribution in [1.29, 1.82) is 5.26 Å². The van der Waals surface area contributed by atoms with E-state index in [0.29, 0.717) is 22.6 Å². The number of aliphatic hydroxyl groups excluding tert-OH is 1. The number of nitrogen functional groups attached to an aromatic ring is 1. The van der Waals surface area contributed by atoms with Crippen LogP contribution in [0.1, 0.15) is 21.7 Å². The highest BCUT2D eigenvalue weighted by molar-refractivity contribution is 5.96. The van der Waals surface area contributed by atoms with Gasteiger partial charge in [-0.2, -0.15) is 10.4 Å². The molecule has 2 aromatic heterocycles. The van der Waals surface area contributed by atoms with Crippen molar-refractivity contribution in [2.75, 3.05) is 12.8 Å². The molecule has 0 aliphatic carbocycles. The van der Waals surface area contributed by atoms with Crippen molar-refractivity contribution in [3.63, 3.8) is 0 Å². The Morgan fingerprint density at radius 2 is 2.24 bits per heavy atom. The van der Waals surface area contributed by atoms with Crippen LogP contribution in [0, 0.1) is 11.3 Å². The van der Waals surface area contributed by atoms with Gasteiger partial charge in [-0.05, 0) is 12.1 Å². The van der Waals surface area contributed by atoms with Gasteiger partial charge in [0.25, 0.3) is 0 Å². The van der Waals surface area contributed by atoms with Gasteiger partial charge in [-0.25, -0.2) is 4.79 Å². The lowest BCUT2D eigenvalue weighted by atomic mass is 10.1. The number of carbonyl (C=O) groups is 1. The van der Waals surface area contributed by atoms with Crippen LogP contribution in [0.5, 0.6) is 0 Å². The number of nitriles is 1. The van der Waals surface area contributed by atoms with Crippen molar-refractivity contribution < 1.29 is 14.6 Å². The number of esters is 1. The molecule has 0 atom stereocenters. The third kappa shape index (κ3) is 2.73. The molecular formula is C17H15N5O3. The van der Waals surface area contributed by atoms with Gasteiger partial charge >= 0.3 is 5.97 Å². The molecule has 0 bridgehead atoms. The molecule has 8 heteroatoms. The molecular weight excluding hydrogens is 322 g/mol. The second kappa shape index (κ2) is 6.51. The highest BCUT2D eigenvalue weighted by Gasteiger charge is 2.23. The second-order valence-electron chi connectivity index (χ2n) is 5.23. The smallest absolute Gasteiger partial charge is 0.357 e. The summed E-state index contributed by atoms with van der Waals surface area (Å²) in [5.41, 5.74) is 8.69. The Morgan fingerprint density at radius 3 is 2.88 bits per heavy atom. The van der Waals surface area contributed by atoms with Gasteiger partial charge in [0.05, 0.1) is 42.0 Å². The Hall–Kier alpha value is -3.57. The van der Waals surface area contributed by atoms with E-state index in [1.54, 1.807) is 18.2 Å². The van der Waals surface area contributed by atoms with E-state index in [-0.39, 0.29) is 23.6 Å². The van der Waals surface area contributed by atoms with Crippen LogP contribution in [0.25, 0.3) is 16.9 Å². The van der Waals surface area contributed by atoms with E-state index in [2.05, 4.69) is 10.2 Å². The minimum Gasteiger partial charge on any atom is -0.464 e. The third-order valence-corrected chi connectivity index (χ3v) is 3.78. The number of aromatic amines is 1. The zero-order chi connectivity index (χ0) is 18.0. The molecule has 0 aliphatic rings. The standard InChI is InChI=1S/C17H15N5O3/c1-25-17(24)16-15(19)10(7-18)8-22(16)14-5-3-2-4-12(14)13-6-11(9-23)20-21-13/h2-6,8,23H,9,19H2,1H3,(H,20,21). The minimum atomic E-state index is -0.646. The lowest BCUT2D eigenvalue weighted by molar-refractivity contribution is 0.0593. The molecule has 0 saturated heterocycles. The van der Waals surface area contributed by atoms with Crippen molar-refractivity contribution >= 4 is 11.7 Å². The van der Waals surface area contributed by atoms with Gasteiger partial charge in [-0.3, -0.25) is 5.10 Å². The molecule has 2 heterocycles. The summed E-state index contributed by atoms with van der Waals surface area (Å²) in [6.45, 7) is -0.169. The Labute approximate surface area is 143 Å².